The SMILES string of the molecule is CCN1CCN(CC(=O)Nc2ccccc2N2CCOCC2)CC1. The third kappa shape index (κ3) is 4.47. The Morgan fingerprint density at radius 1 is 1.04 bits per heavy atom. The topological polar surface area (TPSA) is 48.0 Å². The van der Waals surface area contributed by atoms with Crippen LogP contribution in [0.25, 0.3) is 0 Å². The summed E-state index contributed by atoms with van der Waals surface area (Å²) in [5.41, 5.74) is 1.99. The first-order valence-corrected chi connectivity index (χ1v) is 8.92. The minimum Gasteiger partial charge on any atom is -0.378 e. The van der Waals surface area contributed by atoms with E-state index in [4.69, 9.17) is 4.74 Å². The average Bonchev–Trinajstić information content (AvgIpc) is 2.63. The molecule has 0 atom stereocenters. The molecule has 6 nitrogen and oxygen atoms in total. The van der Waals surface area contributed by atoms with Crippen molar-refractivity contribution in [2.75, 3.05) is 75.8 Å². The molecule has 2 saturated heterocycles. The second-order valence-corrected chi connectivity index (χ2v) is 6.38. The summed E-state index contributed by atoms with van der Waals surface area (Å²) in [6.45, 7) is 11.0. The Kier molecular flexibility index (Phi) is 6.07. The molecule has 1 aromatic carbocycles. The molecule has 2 heterocycles. The number of nitrogens with zero attached hydrogens (tertiary/aromatic N) is 3. The summed E-state index contributed by atoms with van der Waals surface area (Å²) in [6.07, 6.45) is 0. The quantitative estimate of drug-likeness (QED) is 0.875. The third-order valence-corrected chi connectivity index (χ3v) is 4.81. The lowest BCUT2D eigenvalue weighted by Crippen LogP contribution is -2.48. The van der Waals surface area contributed by atoms with E-state index in [-0.39, 0.29) is 5.91 Å². The Morgan fingerprint density at radius 3 is 2.42 bits per heavy atom. The van der Waals surface area contributed by atoms with Crippen LogP contribution in [0.5, 0.6) is 0 Å². The number of benzene rings is 1. The lowest BCUT2D eigenvalue weighted by molar-refractivity contribution is -0.117. The number of carbonyl (C=O) groups excluding carboxylic acids is 1. The van der Waals surface area contributed by atoms with E-state index in [9.17, 15) is 4.79 Å². The number of carbonyl (C=O) groups is 1. The van der Waals surface area contributed by atoms with Crippen LogP contribution in [-0.4, -0.2) is 81.3 Å². The van der Waals surface area contributed by atoms with E-state index in [1.54, 1.807) is 0 Å². The Labute approximate surface area is 144 Å². The number of amides is 1. The number of nitrogens with one attached hydrogen (secondary N) is 1. The second kappa shape index (κ2) is 8.46. The molecule has 0 spiro atoms. The van der Waals surface area contributed by atoms with Crippen molar-refractivity contribution in [3.8, 4) is 0 Å². The first kappa shape index (κ1) is 17.2. The molecule has 2 aliphatic heterocycles. The van der Waals surface area contributed by atoms with Gasteiger partial charge in [-0.1, -0.05) is 19.1 Å². The third-order valence-electron chi connectivity index (χ3n) is 4.81. The number of hydrogen-bond donors (Lipinski definition) is 1. The summed E-state index contributed by atoms with van der Waals surface area (Å²) in [5, 5.41) is 3.10. The van der Waals surface area contributed by atoms with Gasteiger partial charge in [-0.3, -0.25) is 9.69 Å². The number of hydrogen-bond acceptors (Lipinski definition) is 5. The van der Waals surface area contributed by atoms with Gasteiger partial charge in [0.1, 0.15) is 0 Å². The molecular weight excluding hydrogens is 304 g/mol. The lowest BCUT2D eigenvalue weighted by atomic mass is 10.2. The van der Waals surface area contributed by atoms with Crippen LogP contribution in [0.4, 0.5) is 11.4 Å². The largest absolute Gasteiger partial charge is 0.378 e. The fourth-order valence-electron chi connectivity index (χ4n) is 3.32. The summed E-state index contributed by atoms with van der Waals surface area (Å²) >= 11 is 0. The van der Waals surface area contributed by atoms with Crippen LogP contribution in [0.3, 0.4) is 0 Å². The van der Waals surface area contributed by atoms with Crippen LogP contribution >= 0.6 is 0 Å². The molecule has 0 unspecified atom stereocenters. The Bertz CT molecular complexity index is 538. The zero-order valence-electron chi connectivity index (χ0n) is 14.5. The van der Waals surface area contributed by atoms with Crippen molar-refractivity contribution >= 4 is 17.3 Å². The first-order chi connectivity index (χ1) is 11.8. The predicted molar refractivity (Wildman–Crippen MR) is 96.7 cm³/mol. The Balaban J connectivity index is 1.56. The highest BCUT2D eigenvalue weighted by Crippen LogP contribution is 2.26. The van der Waals surface area contributed by atoms with Crippen LogP contribution in [0.2, 0.25) is 0 Å². The molecule has 24 heavy (non-hydrogen) atoms. The second-order valence-electron chi connectivity index (χ2n) is 6.38. The molecule has 2 aliphatic rings. The van der Waals surface area contributed by atoms with Crippen LogP contribution in [0.15, 0.2) is 24.3 Å². The minimum atomic E-state index is 0.0701. The van der Waals surface area contributed by atoms with Crippen LogP contribution in [0.1, 0.15) is 6.92 Å². The van der Waals surface area contributed by atoms with Crippen molar-refractivity contribution in [2.45, 2.75) is 6.92 Å². The summed E-state index contributed by atoms with van der Waals surface area (Å²) < 4.78 is 5.42. The fraction of sp³-hybridized carbons (Fsp3) is 0.611. The molecular formula is C18H28N4O2. The molecule has 1 aromatic rings. The normalized spacial score (nSPS) is 20.1. The minimum absolute atomic E-state index is 0.0701. The average molecular weight is 332 g/mol. The smallest absolute Gasteiger partial charge is 0.238 e. The van der Waals surface area contributed by atoms with Crippen LogP contribution < -0.4 is 10.2 Å². The van der Waals surface area contributed by atoms with Gasteiger partial charge >= 0.3 is 0 Å². The van der Waals surface area contributed by atoms with Gasteiger partial charge in [0.2, 0.25) is 5.91 Å². The highest BCUT2D eigenvalue weighted by atomic mass is 16.5. The van der Waals surface area contributed by atoms with E-state index in [0.717, 1.165) is 70.4 Å². The Hall–Kier alpha value is -1.63. The number of morpholine rings is 1. The molecule has 2 fully saturated rings. The molecule has 0 bridgehead atoms. The van der Waals surface area contributed by atoms with Gasteiger partial charge in [-0.05, 0) is 18.7 Å². The molecule has 3 rings (SSSR count). The van der Waals surface area contributed by atoms with Gasteiger partial charge in [-0.15, -0.1) is 0 Å². The van der Waals surface area contributed by atoms with Gasteiger partial charge in [0.25, 0.3) is 0 Å². The van der Waals surface area contributed by atoms with Gasteiger partial charge in [0.05, 0.1) is 31.1 Å². The zero-order chi connectivity index (χ0) is 16.8. The van der Waals surface area contributed by atoms with Gasteiger partial charge in [0, 0.05) is 39.3 Å². The molecule has 6 heteroatoms. The lowest BCUT2D eigenvalue weighted by Gasteiger charge is -2.34. The summed E-state index contributed by atoms with van der Waals surface area (Å²) in [6, 6.07) is 8.04. The van der Waals surface area contributed by atoms with E-state index >= 15 is 0 Å². The van der Waals surface area contributed by atoms with Crippen LogP contribution in [0, 0.1) is 0 Å². The fourth-order valence-corrected chi connectivity index (χ4v) is 3.32. The molecule has 0 saturated carbocycles. The maximum absolute atomic E-state index is 12.5. The van der Waals surface area contributed by atoms with Gasteiger partial charge in [-0.2, -0.15) is 0 Å². The van der Waals surface area contributed by atoms with E-state index in [2.05, 4.69) is 33.0 Å². The zero-order valence-corrected chi connectivity index (χ0v) is 14.5. The first-order valence-electron chi connectivity index (χ1n) is 8.92. The number of para-hydroxylation sites is 2. The van der Waals surface area contributed by atoms with E-state index in [0.29, 0.717) is 6.54 Å². The predicted octanol–water partition coefficient (Wildman–Crippen LogP) is 1.10. The summed E-state index contributed by atoms with van der Waals surface area (Å²) in [5.74, 6) is 0.0701. The highest BCUT2D eigenvalue weighted by Gasteiger charge is 2.19. The van der Waals surface area contributed by atoms with Crippen molar-refractivity contribution in [3.63, 3.8) is 0 Å². The van der Waals surface area contributed by atoms with E-state index in [1.807, 2.05) is 18.2 Å². The van der Waals surface area contributed by atoms with E-state index in [1.165, 1.54) is 0 Å². The van der Waals surface area contributed by atoms with Crippen molar-refractivity contribution in [1.82, 2.24) is 9.80 Å². The molecule has 132 valence electrons. The number of likely N-dealkylation sites (N-methyl/N-ethyl adjacent to an activating group) is 1. The summed E-state index contributed by atoms with van der Waals surface area (Å²) in [7, 11) is 0. The number of ether oxygens (including phenoxy) is 1. The number of piperazine rings is 1. The molecule has 1 N–H and O–H groups in total. The molecule has 0 aromatic heterocycles. The van der Waals surface area contributed by atoms with E-state index < -0.39 is 0 Å². The molecule has 1 amide bonds. The van der Waals surface area contributed by atoms with Crippen molar-refractivity contribution in [2.24, 2.45) is 0 Å². The maximum atomic E-state index is 12.5. The standard InChI is InChI=1S/C18H28N4O2/c1-2-20-7-9-21(10-8-20)15-18(23)19-16-5-3-4-6-17(16)22-11-13-24-14-12-22/h3-6H,2,7-15H2,1H3,(H,19,23). The maximum Gasteiger partial charge on any atom is 0.238 e. The number of anilines is 2. The van der Waals surface area contributed by atoms with Gasteiger partial charge in [-0.25, -0.2) is 0 Å². The molecule has 0 aliphatic carbocycles. The monoisotopic (exact) mass is 332 g/mol. The highest BCUT2D eigenvalue weighted by molar-refractivity contribution is 5.95. The van der Waals surface area contributed by atoms with Gasteiger partial charge in [0.15, 0.2) is 0 Å². The van der Waals surface area contributed by atoms with Crippen molar-refractivity contribution < 1.29 is 9.53 Å². The Morgan fingerprint density at radius 2 is 1.71 bits per heavy atom. The number of rotatable bonds is 5. The molecule has 0 radical (unpaired) electrons. The van der Waals surface area contributed by atoms with Gasteiger partial charge < -0.3 is 19.9 Å². The van der Waals surface area contributed by atoms with Crippen LogP contribution in [-0.2, 0) is 9.53 Å². The van der Waals surface area contributed by atoms with Crippen molar-refractivity contribution in [1.29, 1.82) is 0 Å². The summed E-state index contributed by atoms with van der Waals surface area (Å²) in [4.78, 5) is 19.4. The van der Waals surface area contributed by atoms with Crippen molar-refractivity contribution in [3.05, 3.63) is 24.3 Å².